The van der Waals surface area contributed by atoms with Gasteiger partial charge >= 0.3 is 0 Å². The number of nitrogens with zero attached hydrogens (tertiary/aromatic N) is 3. The van der Waals surface area contributed by atoms with Gasteiger partial charge in [0.2, 0.25) is 0 Å². The van der Waals surface area contributed by atoms with Gasteiger partial charge in [0.05, 0.1) is 22.3 Å². The summed E-state index contributed by atoms with van der Waals surface area (Å²) < 4.78 is 2.27. The van der Waals surface area contributed by atoms with Crippen molar-refractivity contribution in [2.45, 2.75) is 65.7 Å². The summed E-state index contributed by atoms with van der Waals surface area (Å²) >= 11 is 0. The Bertz CT molecular complexity index is 3050. The monoisotopic (exact) mass is 807 g/mol. The summed E-state index contributed by atoms with van der Waals surface area (Å²) in [6.45, 7) is 15.5. The maximum absolute atomic E-state index is 12.3. The normalized spacial score (nSPS) is 11.8. The number of pyridine rings is 1. The molecular formula is C58H53N3O. The molecule has 0 aliphatic carbocycles. The van der Waals surface area contributed by atoms with Crippen LogP contribution in [-0.4, -0.2) is 19.6 Å². The lowest BCUT2D eigenvalue weighted by Crippen LogP contribution is -2.12. The quantitative estimate of drug-likeness (QED) is 0.158. The average molecular weight is 808 g/mol. The molecule has 0 bridgehead atoms. The molecule has 0 spiro atoms. The van der Waals surface area contributed by atoms with Crippen molar-refractivity contribution in [1.82, 2.24) is 14.5 Å². The number of para-hydroxylation sites is 1. The fraction of sp³-hybridized carbons (Fsp3) is 0.172. The molecule has 0 fully saturated rings. The van der Waals surface area contributed by atoms with Crippen molar-refractivity contribution in [1.29, 1.82) is 0 Å². The largest absolute Gasteiger partial charge is 0.507 e. The minimum absolute atomic E-state index is 0.114. The third-order valence-corrected chi connectivity index (χ3v) is 12.0. The van der Waals surface area contributed by atoms with E-state index in [-0.39, 0.29) is 23.0 Å². The van der Waals surface area contributed by atoms with Crippen molar-refractivity contribution >= 4 is 11.0 Å². The molecule has 2 aromatic heterocycles. The Balaban J connectivity index is 1.34. The second kappa shape index (κ2) is 16.4. The highest BCUT2D eigenvalue weighted by Crippen LogP contribution is 2.44. The Morgan fingerprint density at radius 3 is 1.71 bits per heavy atom. The lowest BCUT2D eigenvalue weighted by molar-refractivity contribution is 0.466. The van der Waals surface area contributed by atoms with Gasteiger partial charge in [0.25, 0.3) is 0 Å². The van der Waals surface area contributed by atoms with Crippen LogP contribution in [0, 0.1) is 0 Å². The minimum Gasteiger partial charge on any atom is -0.507 e. The third-order valence-electron chi connectivity index (χ3n) is 12.0. The number of phenolic OH excluding ortho intramolecular Hbond substituents is 1. The number of phenols is 1. The Kier molecular flexibility index (Phi) is 10.7. The van der Waals surface area contributed by atoms with E-state index in [1.165, 1.54) is 11.1 Å². The van der Waals surface area contributed by atoms with E-state index in [1.54, 1.807) is 0 Å². The van der Waals surface area contributed by atoms with Crippen molar-refractivity contribution in [2.24, 2.45) is 0 Å². The highest BCUT2D eigenvalue weighted by Gasteiger charge is 2.25. The van der Waals surface area contributed by atoms with Gasteiger partial charge in [-0.25, -0.2) is 4.98 Å². The standard InChI is InChI=1S/C58H53N3O/c1-37(2)43-33-51(38(3)4)56(62)52(34-43)57-60-55-50(24-17-25-54(55)61(57)49-32-45(41-22-15-10-16-23-41)31-48(36-49)58(5,6)7)46-28-44(40-20-13-9-14-21-40)29-47(30-46)53-35-42(26-27-59-53)39-18-11-8-12-19-39/h8-38,62H,1-7H3. The number of hydrogen-bond donors (Lipinski definition) is 1. The molecule has 4 heteroatoms. The van der Waals surface area contributed by atoms with E-state index in [4.69, 9.17) is 9.97 Å². The van der Waals surface area contributed by atoms with Gasteiger partial charge in [0, 0.05) is 23.0 Å². The van der Waals surface area contributed by atoms with E-state index >= 15 is 0 Å². The van der Waals surface area contributed by atoms with Crippen molar-refractivity contribution in [3.63, 3.8) is 0 Å². The lowest BCUT2D eigenvalue weighted by atomic mass is 9.85. The van der Waals surface area contributed by atoms with E-state index in [1.807, 2.05) is 12.3 Å². The second-order valence-electron chi connectivity index (χ2n) is 18.1. The Morgan fingerprint density at radius 1 is 0.500 bits per heavy atom. The van der Waals surface area contributed by atoms with E-state index in [2.05, 4.69) is 217 Å². The molecule has 62 heavy (non-hydrogen) atoms. The van der Waals surface area contributed by atoms with Gasteiger partial charge < -0.3 is 5.11 Å². The third kappa shape index (κ3) is 7.85. The fourth-order valence-electron chi connectivity index (χ4n) is 8.50. The van der Waals surface area contributed by atoms with Gasteiger partial charge in [-0.2, -0.15) is 0 Å². The zero-order valence-electron chi connectivity index (χ0n) is 36.7. The maximum Gasteiger partial charge on any atom is 0.149 e. The molecule has 0 amide bonds. The first-order valence-electron chi connectivity index (χ1n) is 21.8. The van der Waals surface area contributed by atoms with Crippen molar-refractivity contribution in [3.8, 4) is 78.6 Å². The number of imidazole rings is 1. The predicted molar refractivity (Wildman–Crippen MR) is 260 cm³/mol. The molecule has 4 nitrogen and oxygen atoms in total. The van der Waals surface area contributed by atoms with Crippen LogP contribution in [0.25, 0.3) is 83.9 Å². The molecule has 0 aliphatic heterocycles. The van der Waals surface area contributed by atoms with Gasteiger partial charge in [-0.3, -0.25) is 9.55 Å². The second-order valence-corrected chi connectivity index (χ2v) is 18.1. The molecule has 9 rings (SSSR count). The minimum atomic E-state index is -0.133. The Hall–Kier alpha value is -7.04. The SMILES string of the molecule is CC(C)c1cc(-c2nc3c(-c4cc(-c5ccccc5)cc(-c5cc(-c6ccccc6)ccn5)c4)cccc3n2-c2cc(-c3ccccc3)cc(C(C)(C)C)c2)c(O)c(C(C)C)c1. The first-order chi connectivity index (χ1) is 29.9. The highest BCUT2D eigenvalue weighted by atomic mass is 16.3. The predicted octanol–water partition coefficient (Wildman–Crippen LogP) is 15.7. The Labute approximate surface area is 366 Å². The van der Waals surface area contributed by atoms with Gasteiger partial charge in [-0.15, -0.1) is 0 Å². The molecule has 0 saturated carbocycles. The van der Waals surface area contributed by atoms with Crippen LogP contribution in [0.2, 0.25) is 0 Å². The summed E-state index contributed by atoms with van der Waals surface area (Å²) in [6.07, 6.45) is 1.90. The molecule has 9 aromatic rings. The number of benzene rings is 7. The van der Waals surface area contributed by atoms with E-state index in [0.29, 0.717) is 5.82 Å². The smallest absolute Gasteiger partial charge is 0.149 e. The molecule has 306 valence electrons. The van der Waals surface area contributed by atoms with Crippen LogP contribution in [0.3, 0.4) is 0 Å². The van der Waals surface area contributed by atoms with Crippen LogP contribution in [0.15, 0.2) is 176 Å². The summed E-state index contributed by atoms with van der Waals surface area (Å²) in [4.78, 5) is 10.6. The molecule has 1 N–H and O–H groups in total. The first-order valence-corrected chi connectivity index (χ1v) is 21.8. The molecule has 2 heterocycles. The van der Waals surface area contributed by atoms with E-state index in [9.17, 15) is 5.11 Å². The number of hydrogen-bond acceptors (Lipinski definition) is 3. The Morgan fingerprint density at radius 2 is 1.10 bits per heavy atom. The van der Waals surface area contributed by atoms with Crippen molar-refractivity contribution in [2.75, 3.05) is 0 Å². The van der Waals surface area contributed by atoms with Gasteiger partial charge in [0.1, 0.15) is 11.6 Å². The molecule has 0 atom stereocenters. The summed E-state index contributed by atoms with van der Waals surface area (Å²) in [5.74, 6) is 1.34. The van der Waals surface area contributed by atoms with Gasteiger partial charge in [0.15, 0.2) is 0 Å². The average Bonchev–Trinajstić information content (AvgIpc) is 3.69. The molecule has 7 aromatic carbocycles. The van der Waals surface area contributed by atoms with E-state index < -0.39 is 0 Å². The topological polar surface area (TPSA) is 50.9 Å². The van der Waals surface area contributed by atoms with Crippen LogP contribution < -0.4 is 0 Å². The van der Waals surface area contributed by atoms with E-state index in [0.717, 1.165) is 83.6 Å². The van der Waals surface area contributed by atoms with Crippen molar-refractivity contribution in [3.05, 3.63) is 193 Å². The zero-order valence-corrected chi connectivity index (χ0v) is 36.7. The van der Waals surface area contributed by atoms with Crippen LogP contribution in [0.5, 0.6) is 5.75 Å². The molecule has 0 unspecified atom stereocenters. The van der Waals surface area contributed by atoms with Crippen LogP contribution in [0.1, 0.15) is 77.0 Å². The summed E-state index contributed by atoms with van der Waals surface area (Å²) in [5.41, 5.74) is 17.4. The summed E-state index contributed by atoms with van der Waals surface area (Å²) in [7, 11) is 0. The van der Waals surface area contributed by atoms with Crippen LogP contribution in [-0.2, 0) is 5.41 Å². The van der Waals surface area contributed by atoms with Gasteiger partial charge in [-0.1, -0.05) is 164 Å². The fourth-order valence-corrected chi connectivity index (χ4v) is 8.50. The number of rotatable bonds is 9. The lowest BCUT2D eigenvalue weighted by Gasteiger charge is -2.23. The maximum atomic E-state index is 12.3. The zero-order chi connectivity index (χ0) is 43.1. The van der Waals surface area contributed by atoms with Crippen molar-refractivity contribution < 1.29 is 5.11 Å². The van der Waals surface area contributed by atoms with Crippen LogP contribution >= 0.6 is 0 Å². The molecule has 0 radical (unpaired) electrons. The van der Waals surface area contributed by atoms with Gasteiger partial charge in [-0.05, 0) is 127 Å². The first kappa shape index (κ1) is 40.4. The highest BCUT2D eigenvalue weighted by molar-refractivity contribution is 5.98. The molecular weight excluding hydrogens is 755 g/mol. The number of aromatic hydroxyl groups is 1. The molecule has 0 saturated heterocycles. The number of fused-ring (bicyclic) bond motifs is 1. The number of aromatic nitrogens is 3. The van der Waals surface area contributed by atoms with Crippen LogP contribution in [0.4, 0.5) is 0 Å². The summed E-state index contributed by atoms with van der Waals surface area (Å²) in [6, 6.07) is 60.3. The molecule has 0 aliphatic rings. The summed E-state index contributed by atoms with van der Waals surface area (Å²) in [5, 5.41) is 12.3.